The van der Waals surface area contributed by atoms with Gasteiger partial charge in [0.05, 0.1) is 12.2 Å². The highest BCUT2D eigenvalue weighted by Crippen LogP contribution is 2.39. The topological polar surface area (TPSA) is 44.2 Å². The lowest BCUT2D eigenvalue weighted by atomic mass is 9.81. The van der Waals surface area contributed by atoms with Crippen molar-refractivity contribution in [1.29, 1.82) is 0 Å². The molecule has 0 radical (unpaired) electrons. The summed E-state index contributed by atoms with van der Waals surface area (Å²) >= 11 is 0. The van der Waals surface area contributed by atoms with E-state index in [-0.39, 0.29) is 12.2 Å². The van der Waals surface area contributed by atoms with Gasteiger partial charge in [-0.1, -0.05) is 27.7 Å². The maximum atomic E-state index is 6.25. The molecule has 2 aliphatic rings. The first-order chi connectivity index (χ1) is 14.5. The molecule has 0 aliphatic carbocycles. The molecule has 0 spiro atoms. The summed E-state index contributed by atoms with van der Waals surface area (Å²) in [5, 5.41) is 0. The number of ether oxygens (including phenoxy) is 2. The van der Waals surface area contributed by atoms with Gasteiger partial charge in [-0.15, -0.1) is 0 Å². The summed E-state index contributed by atoms with van der Waals surface area (Å²) in [7, 11) is 0. The molecule has 4 unspecified atom stereocenters. The standard InChI is InChI=1S/C26H36N2O2/c1-17(2)19-5-10-28-24(13-19)21-8-12-30-26(15-21)25-14-20(7-11-29-25)23-16-27-9-6-22(23)18(3)4/h5-6,9-10,13,16-18,20-21,25-26H,7-8,11-12,14-15H2,1-4H3. The fourth-order valence-electron chi connectivity index (χ4n) is 5.06. The third kappa shape index (κ3) is 4.76. The molecule has 4 nitrogen and oxygen atoms in total. The molecule has 0 saturated carbocycles. The Kier molecular flexibility index (Phi) is 6.84. The molecule has 30 heavy (non-hydrogen) atoms. The van der Waals surface area contributed by atoms with Crippen LogP contribution in [0.4, 0.5) is 0 Å². The zero-order valence-corrected chi connectivity index (χ0v) is 18.9. The molecule has 4 atom stereocenters. The highest BCUT2D eigenvalue weighted by Gasteiger charge is 2.36. The molecule has 4 heterocycles. The zero-order valence-electron chi connectivity index (χ0n) is 18.9. The van der Waals surface area contributed by atoms with E-state index >= 15 is 0 Å². The number of hydrogen-bond donors (Lipinski definition) is 0. The highest BCUT2D eigenvalue weighted by molar-refractivity contribution is 5.30. The number of pyridine rings is 2. The minimum absolute atomic E-state index is 0.148. The Hall–Kier alpha value is -1.78. The minimum atomic E-state index is 0.148. The van der Waals surface area contributed by atoms with Gasteiger partial charge < -0.3 is 9.47 Å². The molecule has 2 saturated heterocycles. The molecular weight excluding hydrogens is 372 g/mol. The van der Waals surface area contributed by atoms with Gasteiger partial charge in [0, 0.05) is 43.4 Å². The molecule has 4 heteroatoms. The fraction of sp³-hybridized carbons (Fsp3) is 0.615. The quantitative estimate of drug-likeness (QED) is 0.613. The lowest BCUT2D eigenvalue weighted by Gasteiger charge is -2.39. The fourth-order valence-corrected chi connectivity index (χ4v) is 5.06. The molecule has 4 rings (SSSR count). The van der Waals surface area contributed by atoms with Crippen LogP contribution in [-0.4, -0.2) is 35.4 Å². The van der Waals surface area contributed by atoms with E-state index < -0.39 is 0 Å². The lowest BCUT2D eigenvalue weighted by molar-refractivity contribution is -0.116. The average molecular weight is 409 g/mol. The van der Waals surface area contributed by atoms with Crippen molar-refractivity contribution in [2.45, 2.75) is 89.3 Å². The predicted molar refractivity (Wildman–Crippen MR) is 120 cm³/mol. The Morgan fingerprint density at radius 3 is 2.27 bits per heavy atom. The normalized spacial score (nSPS) is 27.5. The second kappa shape index (κ2) is 9.57. The molecule has 0 amide bonds. The van der Waals surface area contributed by atoms with E-state index in [1.807, 2.05) is 12.4 Å². The molecule has 162 valence electrons. The summed E-state index contributed by atoms with van der Waals surface area (Å²) in [6.07, 6.45) is 10.4. The van der Waals surface area contributed by atoms with Gasteiger partial charge in [0.1, 0.15) is 0 Å². The van der Waals surface area contributed by atoms with Gasteiger partial charge >= 0.3 is 0 Å². The van der Waals surface area contributed by atoms with Gasteiger partial charge in [-0.2, -0.15) is 0 Å². The summed E-state index contributed by atoms with van der Waals surface area (Å²) in [4.78, 5) is 9.15. The minimum Gasteiger partial charge on any atom is -0.375 e. The van der Waals surface area contributed by atoms with Gasteiger partial charge in [-0.3, -0.25) is 9.97 Å². The summed E-state index contributed by atoms with van der Waals surface area (Å²) in [6, 6.07) is 6.62. The van der Waals surface area contributed by atoms with Crippen molar-refractivity contribution in [2.75, 3.05) is 13.2 Å². The summed E-state index contributed by atoms with van der Waals surface area (Å²) in [6.45, 7) is 10.6. The van der Waals surface area contributed by atoms with Crippen molar-refractivity contribution in [2.24, 2.45) is 0 Å². The molecule has 2 aromatic rings. The molecule has 2 fully saturated rings. The number of hydrogen-bond acceptors (Lipinski definition) is 4. The summed E-state index contributed by atoms with van der Waals surface area (Å²) < 4.78 is 12.5. The van der Waals surface area contributed by atoms with Crippen LogP contribution in [0.3, 0.4) is 0 Å². The van der Waals surface area contributed by atoms with Gasteiger partial charge in [0.25, 0.3) is 0 Å². The van der Waals surface area contributed by atoms with Crippen molar-refractivity contribution < 1.29 is 9.47 Å². The van der Waals surface area contributed by atoms with Gasteiger partial charge in [0.15, 0.2) is 0 Å². The third-order valence-electron chi connectivity index (χ3n) is 6.88. The maximum absolute atomic E-state index is 6.25. The van der Waals surface area contributed by atoms with Crippen molar-refractivity contribution in [3.05, 3.63) is 59.2 Å². The van der Waals surface area contributed by atoms with Crippen LogP contribution in [0.5, 0.6) is 0 Å². The van der Waals surface area contributed by atoms with Crippen LogP contribution in [0.15, 0.2) is 36.8 Å². The molecule has 2 aromatic heterocycles. The van der Waals surface area contributed by atoms with Crippen LogP contribution in [0.2, 0.25) is 0 Å². The van der Waals surface area contributed by atoms with E-state index in [1.54, 1.807) is 0 Å². The largest absolute Gasteiger partial charge is 0.375 e. The third-order valence-corrected chi connectivity index (χ3v) is 6.88. The first-order valence-corrected chi connectivity index (χ1v) is 11.7. The zero-order chi connectivity index (χ0) is 21.1. The molecule has 0 bridgehead atoms. The van der Waals surface area contributed by atoms with Crippen LogP contribution in [0.25, 0.3) is 0 Å². The molecular formula is C26H36N2O2. The van der Waals surface area contributed by atoms with Crippen molar-refractivity contribution in [3.63, 3.8) is 0 Å². The highest BCUT2D eigenvalue weighted by atomic mass is 16.5. The van der Waals surface area contributed by atoms with E-state index in [1.165, 1.54) is 22.4 Å². The van der Waals surface area contributed by atoms with Crippen molar-refractivity contribution >= 4 is 0 Å². The van der Waals surface area contributed by atoms with Gasteiger partial charge in [0.2, 0.25) is 0 Å². The van der Waals surface area contributed by atoms with E-state index in [2.05, 4.69) is 57.1 Å². The van der Waals surface area contributed by atoms with E-state index in [4.69, 9.17) is 14.5 Å². The van der Waals surface area contributed by atoms with Crippen molar-refractivity contribution in [3.8, 4) is 0 Å². The lowest BCUT2D eigenvalue weighted by Crippen LogP contribution is -2.40. The van der Waals surface area contributed by atoms with Gasteiger partial charge in [-0.25, -0.2) is 0 Å². The van der Waals surface area contributed by atoms with Gasteiger partial charge in [-0.05, 0) is 78.3 Å². The van der Waals surface area contributed by atoms with E-state index in [0.29, 0.717) is 23.7 Å². The number of nitrogens with zero attached hydrogens (tertiary/aromatic N) is 2. The Bertz CT molecular complexity index is 835. The Morgan fingerprint density at radius 2 is 1.57 bits per heavy atom. The first-order valence-electron chi connectivity index (χ1n) is 11.7. The maximum Gasteiger partial charge on any atom is 0.0843 e. The monoisotopic (exact) mass is 408 g/mol. The SMILES string of the molecule is CC(C)c1ccnc(C2CCOC(C3CC(c4cnccc4C(C)C)CCO3)C2)c1. The van der Waals surface area contributed by atoms with Crippen LogP contribution in [0.1, 0.15) is 99.4 Å². The molecule has 0 aromatic carbocycles. The molecule has 0 N–H and O–H groups in total. The Balaban J connectivity index is 1.47. The van der Waals surface area contributed by atoms with E-state index in [9.17, 15) is 0 Å². The van der Waals surface area contributed by atoms with Crippen LogP contribution < -0.4 is 0 Å². The predicted octanol–water partition coefficient (Wildman–Crippen LogP) is 5.95. The Morgan fingerprint density at radius 1 is 0.867 bits per heavy atom. The molecule has 2 aliphatic heterocycles. The average Bonchev–Trinajstić information content (AvgIpc) is 2.79. The second-order valence-electron chi connectivity index (χ2n) is 9.59. The van der Waals surface area contributed by atoms with Crippen LogP contribution in [0, 0.1) is 0 Å². The van der Waals surface area contributed by atoms with E-state index in [0.717, 1.165) is 38.9 Å². The Labute approximate surface area is 181 Å². The summed E-state index contributed by atoms with van der Waals surface area (Å²) in [5.41, 5.74) is 5.42. The summed E-state index contributed by atoms with van der Waals surface area (Å²) in [5.74, 6) is 2.00. The smallest absolute Gasteiger partial charge is 0.0843 e. The number of aromatic nitrogens is 2. The first kappa shape index (κ1) is 21.5. The van der Waals surface area contributed by atoms with Crippen molar-refractivity contribution in [1.82, 2.24) is 9.97 Å². The van der Waals surface area contributed by atoms with Crippen LogP contribution in [-0.2, 0) is 9.47 Å². The number of rotatable bonds is 5. The second-order valence-corrected chi connectivity index (χ2v) is 9.59. The van der Waals surface area contributed by atoms with Crippen LogP contribution >= 0.6 is 0 Å².